The summed E-state index contributed by atoms with van der Waals surface area (Å²) in [7, 11) is 0. The minimum absolute atomic E-state index is 0.520. The summed E-state index contributed by atoms with van der Waals surface area (Å²) >= 11 is 3.39. The zero-order chi connectivity index (χ0) is 12.1. The highest BCUT2D eigenvalue weighted by Gasteiger charge is 2.09. The Morgan fingerprint density at radius 2 is 2.25 bits per heavy atom. The Morgan fingerprint density at radius 3 is 2.81 bits per heavy atom. The molecule has 0 aliphatic heterocycles. The van der Waals surface area contributed by atoms with Crippen LogP contribution in [-0.2, 0) is 0 Å². The Labute approximate surface area is 105 Å². The van der Waals surface area contributed by atoms with Gasteiger partial charge < -0.3 is 9.84 Å². The van der Waals surface area contributed by atoms with Crippen LogP contribution in [0.5, 0.6) is 5.75 Å². The van der Waals surface area contributed by atoms with Crippen molar-refractivity contribution in [1.82, 2.24) is 0 Å². The zero-order valence-electron chi connectivity index (χ0n) is 9.66. The number of halogens is 1. The Kier molecular flexibility index (Phi) is 5.03. The summed E-state index contributed by atoms with van der Waals surface area (Å²) in [5.74, 6) is 0.727. The average molecular weight is 285 g/mol. The van der Waals surface area contributed by atoms with E-state index in [9.17, 15) is 5.11 Å². The number of rotatable bonds is 5. The van der Waals surface area contributed by atoms with Gasteiger partial charge in [0.1, 0.15) is 5.75 Å². The largest absolute Gasteiger partial charge is 0.493 e. The fourth-order valence-electron chi connectivity index (χ4n) is 1.31. The van der Waals surface area contributed by atoms with E-state index in [-0.39, 0.29) is 0 Å². The van der Waals surface area contributed by atoms with Crippen LogP contribution in [0.3, 0.4) is 0 Å². The molecule has 0 saturated carbocycles. The normalized spacial score (nSPS) is 12.2. The molecule has 1 atom stereocenters. The van der Waals surface area contributed by atoms with Crippen LogP contribution in [0, 0.1) is 0 Å². The predicted molar refractivity (Wildman–Crippen MR) is 69.7 cm³/mol. The van der Waals surface area contributed by atoms with Crippen LogP contribution in [0.4, 0.5) is 0 Å². The third-order valence-electron chi connectivity index (χ3n) is 2.21. The number of ether oxygens (including phenoxy) is 1. The molecular weight excluding hydrogens is 268 g/mol. The van der Waals surface area contributed by atoms with Crippen molar-refractivity contribution in [3.63, 3.8) is 0 Å². The topological polar surface area (TPSA) is 29.5 Å². The molecule has 0 spiro atoms. The molecule has 0 saturated heterocycles. The molecule has 1 unspecified atom stereocenters. The van der Waals surface area contributed by atoms with Crippen LogP contribution >= 0.6 is 15.9 Å². The molecule has 0 bridgehead atoms. The molecule has 0 heterocycles. The fourth-order valence-corrected chi connectivity index (χ4v) is 1.65. The molecule has 3 heteroatoms. The molecule has 0 fully saturated rings. The van der Waals surface area contributed by atoms with Crippen LogP contribution in [0.15, 0.2) is 34.8 Å². The van der Waals surface area contributed by atoms with Crippen molar-refractivity contribution >= 4 is 15.9 Å². The van der Waals surface area contributed by atoms with Gasteiger partial charge in [0, 0.05) is 16.5 Å². The highest BCUT2D eigenvalue weighted by Crippen LogP contribution is 2.28. The second-order valence-electron chi connectivity index (χ2n) is 3.91. The molecule has 2 nitrogen and oxygen atoms in total. The first kappa shape index (κ1) is 13.3. The number of aliphatic hydroxyl groups is 1. The second kappa shape index (κ2) is 6.06. The molecule has 16 heavy (non-hydrogen) atoms. The Bertz CT molecular complexity index is 372. The van der Waals surface area contributed by atoms with E-state index in [0.717, 1.165) is 27.8 Å². The Morgan fingerprint density at radius 1 is 1.56 bits per heavy atom. The van der Waals surface area contributed by atoms with Crippen molar-refractivity contribution in [2.45, 2.75) is 26.4 Å². The standard InChI is InChI=1S/C13H17BrO2/c1-9(2)6-7-16-13-8-11(14)4-5-12(13)10(3)15/h4-5,8,10,15H,1,6-7H2,2-3H3. The first-order valence-electron chi connectivity index (χ1n) is 5.25. The molecule has 1 aromatic rings. The van der Waals surface area contributed by atoms with Gasteiger partial charge >= 0.3 is 0 Å². The van der Waals surface area contributed by atoms with Crippen LogP contribution in [-0.4, -0.2) is 11.7 Å². The molecular formula is C13H17BrO2. The predicted octanol–water partition coefficient (Wildman–Crippen LogP) is 3.85. The van der Waals surface area contributed by atoms with Gasteiger partial charge in [-0.05, 0) is 26.0 Å². The molecule has 0 radical (unpaired) electrons. The Hall–Kier alpha value is -0.800. The molecule has 1 aromatic carbocycles. The summed E-state index contributed by atoms with van der Waals surface area (Å²) < 4.78 is 6.59. The monoisotopic (exact) mass is 284 g/mol. The van der Waals surface area contributed by atoms with Gasteiger partial charge in [0.15, 0.2) is 0 Å². The van der Waals surface area contributed by atoms with E-state index in [2.05, 4.69) is 22.5 Å². The van der Waals surface area contributed by atoms with Crippen molar-refractivity contribution in [3.8, 4) is 5.75 Å². The van der Waals surface area contributed by atoms with Crippen molar-refractivity contribution in [1.29, 1.82) is 0 Å². The molecule has 1 N–H and O–H groups in total. The molecule has 0 aliphatic carbocycles. The molecule has 88 valence electrons. The second-order valence-corrected chi connectivity index (χ2v) is 4.83. The average Bonchev–Trinajstić information content (AvgIpc) is 2.16. The number of benzene rings is 1. The molecule has 1 rings (SSSR count). The molecule has 0 aromatic heterocycles. The molecule has 0 amide bonds. The van der Waals surface area contributed by atoms with Crippen molar-refractivity contribution in [2.75, 3.05) is 6.61 Å². The first-order chi connectivity index (χ1) is 7.50. The van der Waals surface area contributed by atoms with Gasteiger partial charge in [-0.2, -0.15) is 0 Å². The van der Waals surface area contributed by atoms with Gasteiger partial charge in [-0.1, -0.05) is 27.6 Å². The van der Waals surface area contributed by atoms with Crippen molar-refractivity contribution in [2.24, 2.45) is 0 Å². The maximum Gasteiger partial charge on any atom is 0.126 e. The third kappa shape index (κ3) is 3.99. The minimum Gasteiger partial charge on any atom is -0.493 e. The highest BCUT2D eigenvalue weighted by atomic mass is 79.9. The van der Waals surface area contributed by atoms with Gasteiger partial charge in [-0.25, -0.2) is 0 Å². The quantitative estimate of drug-likeness (QED) is 0.833. The van der Waals surface area contributed by atoms with Gasteiger partial charge in [-0.3, -0.25) is 0 Å². The minimum atomic E-state index is -0.520. The van der Waals surface area contributed by atoms with E-state index in [0.29, 0.717) is 6.61 Å². The lowest BCUT2D eigenvalue weighted by Gasteiger charge is -2.13. The summed E-state index contributed by atoms with van der Waals surface area (Å²) in [6.07, 6.45) is 0.305. The van der Waals surface area contributed by atoms with Crippen molar-refractivity contribution in [3.05, 3.63) is 40.4 Å². The van der Waals surface area contributed by atoms with Crippen molar-refractivity contribution < 1.29 is 9.84 Å². The number of hydrogen-bond acceptors (Lipinski definition) is 2. The third-order valence-corrected chi connectivity index (χ3v) is 2.71. The summed E-state index contributed by atoms with van der Waals surface area (Å²) in [6.45, 7) is 8.11. The van der Waals surface area contributed by atoms with Crippen LogP contribution < -0.4 is 4.74 Å². The van der Waals surface area contributed by atoms with E-state index in [1.54, 1.807) is 6.92 Å². The van der Waals surface area contributed by atoms with E-state index in [1.165, 1.54) is 0 Å². The first-order valence-corrected chi connectivity index (χ1v) is 6.04. The highest BCUT2D eigenvalue weighted by molar-refractivity contribution is 9.10. The van der Waals surface area contributed by atoms with Crippen LogP contribution in [0.2, 0.25) is 0 Å². The summed E-state index contributed by atoms with van der Waals surface area (Å²) in [6, 6.07) is 5.64. The van der Waals surface area contributed by atoms with Crippen LogP contribution in [0.1, 0.15) is 31.9 Å². The van der Waals surface area contributed by atoms with Gasteiger partial charge in [0.05, 0.1) is 12.7 Å². The SMILES string of the molecule is C=C(C)CCOc1cc(Br)ccc1C(C)O. The maximum absolute atomic E-state index is 9.59. The van der Waals surface area contributed by atoms with Gasteiger partial charge in [0.2, 0.25) is 0 Å². The van der Waals surface area contributed by atoms with E-state index < -0.39 is 6.10 Å². The van der Waals surface area contributed by atoms with Gasteiger partial charge in [-0.15, -0.1) is 6.58 Å². The summed E-state index contributed by atoms with van der Waals surface area (Å²) in [5, 5.41) is 9.59. The van der Waals surface area contributed by atoms with E-state index in [4.69, 9.17) is 4.74 Å². The summed E-state index contributed by atoms with van der Waals surface area (Å²) in [5.41, 5.74) is 1.90. The fraction of sp³-hybridized carbons (Fsp3) is 0.385. The lowest BCUT2D eigenvalue weighted by Crippen LogP contribution is -2.02. The van der Waals surface area contributed by atoms with Gasteiger partial charge in [0.25, 0.3) is 0 Å². The number of aliphatic hydroxyl groups excluding tert-OH is 1. The maximum atomic E-state index is 9.59. The summed E-state index contributed by atoms with van der Waals surface area (Å²) in [4.78, 5) is 0. The molecule has 0 aliphatic rings. The number of hydrogen-bond donors (Lipinski definition) is 1. The lowest BCUT2D eigenvalue weighted by molar-refractivity contribution is 0.191. The lowest BCUT2D eigenvalue weighted by atomic mass is 10.1. The zero-order valence-corrected chi connectivity index (χ0v) is 11.3. The van der Waals surface area contributed by atoms with E-state index in [1.807, 2.05) is 25.1 Å². The smallest absolute Gasteiger partial charge is 0.126 e. The Balaban J connectivity index is 2.76. The van der Waals surface area contributed by atoms with E-state index >= 15 is 0 Å². The van der Waals surface area contributed by atoms with Crippen LogP contribution in [0.25, 0.3) is 0 Å².